The van der Waals surface area contributed by atoms with Gasteiger partial charge in [0.1, 0.15) is 6.10 Å². The molecule has 1 aromatic rings. The molecule has 1 aliphatic heterocycles. The van der Waals surface area contributed by atoms with E-state index in [2.05, 4.69) is 48.3 Å². The van der Waals surface area contributed by atoms with Crippen molar-refractivity contribution in [2.75, 3.05) is 39.4 Å². The summed E-state index contributed by atoms with van der Waals surface area (Å²) in [6.07, 6.45) is 2.25. The summed E-state index contributed by atoms with van der Waals surface area (Å²) >= 11 is 0. The first-order valence-electron chi connectivity index (χ1n) is 8.99. The van der Waals surface area contributed by atoms with E-state index in [1.165, 1.54) is 11.1 Å². The Morgan fingerprint density at radius 2 is 2.21 bits per heavy atom. The number of nitrogens with zero attached hydrogens (tertiary/aromatic N) is 2. The second-order valence-electron chi connectivity index (χ2n) is 6.99. The van der Waals surface area contributed by atoms with Gasteiger partial charge in [-0.25, -0.2) is 0 Å². The van der Waals surface area contributed by atoms with Crippen LogP contribution in [0.15, 0.2) is 29.3 Å². The number of hydrogen-bond donors (Lipinski definition) is 2. The molecule has 0 aromatic heterocycles. The number of ether oxygens (including phenoxy) is 1. The zero-order valence-corrected chi connectivity index (χ0v) is 14.8. The van der Waals surface area contributed by atoms with Crippen LogP contribution in [0.25, 0.3) is 0 Å². The van der Waals surface area contributed by atoms with Gasteiger partial charge in [-0.2, -0.15) is 0 Å². The molecule has 3 rings (SSSR count). The first-order valence-corrected chi connectivity index (χ1v) is 8.99. The van der Waals surface area contributed by atoms with E-state index >= 15 is 0 Å². The fourth-order valence-corrected chi connectivity index (χ4v) is 3.19. The number of aliphatic hydroxyl groups excluding tert-OH is 1. The Hall–Kier alpha value is -1.59. The fraction of sp³-hybridized carbons (Fsp3) is 0.632. The van der Waals surface area contributed by atoms with E-state index in [9.17, 15) is 5.11 Å². The molecule has 24 heavy (non-hydrogen) atoms. The molecule has 2 aliphatic rings. The summed E-state index contributed by atoms with van der Waals surface area (Å²) in [5, 5.41) is 12.9. The molecule has 5 heteroatoms. The molecular weight excluding hydrogens is 302 g/mol. The first kappa shape index (κ1) is 17.2. The number of rotatable bonds is 5. The molecule has 1 aromatic carbocycles. The zero-order valence-electron chi connectivity index (χ0n) is 14.8. The largest absolute Gasteiger partial charge is 0.396 e. The maximum Gasteiger partial charge on any atom is 0.194 e. The predicted molar refractivity (Wildman–Crippen MR) is 96.2 cm³/mol. The average molecular weight is 331 g/mol. The highest BCUT2D eigenvalue weighted by Crippen LogP contribution is 2.45. The number of benzene rings is 1. The van der Waals surface area contributed by atoms with Gasteiger partial charge >= 0.3 is 0 Å². The number of nitrogens with one attached hydrogen (secondary N) is 1. The number of aliphatic imine (C=N–C) groups is 1. The van der Waals surface area contributed by atoms with Gasteiger partial charge in [0.2, 0.25) is 0 Å². The van der Waals surface area contributed by atoms with Crippen molar-refractivity contribution in [2.45, 2.75) is 32.8 Å². The van der Waals surface area contributed by atoms with Gasteiger partial charge in [-0.3, -0.25) is 4.99 Å². The maximum atomic E-state index is 9.51. The average Bonchev–Trinajstić information content (AvgIpc) is 3.40. The summed E-state index contributed by atoms with van der Waals surface area (Å²) in [7, 11) is 0. The number of aryl methyl sites for hydroxylation is 1. The number of guanidine groups is 1. The van der Waals surface area contributed by atoms with Crippen LogP contribution in [0, 0.1) is 12.3 Å². The maximum absolute atomic E-state index is 9.51. The third-order valence-corrected chi connectivity index (χ3v) is 5.09. The third kappa shape index (κ3) is 3.90. The van der Waals surface area contributed by atoms with E-state index in [-0.39, 0.29) is 18.1 Å². The van der Waals surface area contributed by atoms with Crippen LogP contribution in [0.2, 0.25) is 0 Å². The van der Waals surface area contributed by atoms with Crippen LogP contribution in [0.5, 0.6) is 0 Å². The molecule has 0 amide bonds. The van der Waals surface area contributed by atoms with Gasteiger partial charge in [-0.05, 0) is 37.8 Å². The van der Waals surface area contributed by atoms with E-state index in [0.29, 0.717) is 13.2 Å². The van der Waals surface area contributed by atoms with Gasteiger partial charge in [0, 0.05) is 18.5 Å². The lowest BCUT2D eigenvalue weighted by Gasteiger charge is -2.36. The second-order valence-corrected chi connectivity index (χ2v) is 6.99. The summed E-state index contributed by atoms with van der Waals surface area (Å²) < 4.78 is 6.02. The monoisotopic (exact) mass is 331 g/mol. The SMILES string of the molecule is CCNC(=NCC1(CO)CC1)N1CCOC(c2ccccc2C)C1. The van der Waals surface area contributed by atoms with Crippen molar-refractivity contribution in [3.8, 4) is 0 Å². The topological polar surface area (TPSA) is 57.1 Å². The molecule has 1 unspecified atom stereocenters. The molecule has 0 spiro atoms. The molecule has 1 saturated carbocycles. The lowest BCUT2D eigenvalue weighted by molar-refractivity contribution is -0.00837. The summed E-state index contributed by atoms with van der Waals surface area (Å²) in [6, 6.07) is 8.42. The normalized spacial score (nSPS) is 23.2. The second kappa shape index (κ2) is 7.53. The Morgan fingerprint density at radius 3 is 2.88 bits per heavy atom. The third-order valence-electron chi connectivity index (χ3n) is 5.09. The fourth-order valence-electron chi connectivity index (χ4n) is 3.19. The van der Waals surface area contributed by atoms with Crippen LogP contribution in [0.4, 0.5) is 0 Å². The minimum Gasteiger partial charge on any atom is -0.396 e. The molecule has 1 saturated heterocycles. The van der Waals surface area contributed by atoms with Crippen molar-refractivity contribution in [3.63, 3.8) is 0 Å². The van der Waals surface area contributed by atoms with Gasteiger partial charge in [-0.15, -0.1) is 0 Å². The molecule has 1 atom stereocenters. The molecule has 132 valence electrons. The van der Waals surface area contributed by atoms with Crippen molar-refractivity contribution >= 4 is 5.96 Å². The molecule has 0 bridgehead atoms. The van der Waals surface area contributed by atoms with Crippen molar-refractivity contribution < 1.29 is 9.84 Å². The first-order chi connectivity index (χ1) is 11.7. The predicted octanol–water partition coefficient (Wildman–Crippen LogP) is 2.11. The highest BCUT2D eigenvalue weighted by molar-refractivity contribution is 5.80. The van der Waals surface area contributed by atoms with Gasteiger partial charge < -0.3 is 20.1 Å². The molecule has 2 N–H and O–H groups in total. The van der Waals surface area contributed by atoms with Crippen LogP contribution < -0.4 is 5.32 Å². The summed E-state index contributed by atoms with van der Waals surface area (Å²) in [5.74, 6) is 0.944. The van der Waals surface area contributed by atoms with Gasteiger partial charge in [0.15, 0.2) is 5.96 Å². The van der Waals surface area contributed by atoms with Crippen LogP contribution in [-0.2, 0) is 4.74 Å². The van der Waals surface area contributed by atoms with Crippen LogP contribution in [0.1, 0.15) is 37.0 Å². The summed E-state index contributed by atoms with van der Waals surface area (Å²) in [5.41, 5.74) is 2.57. The Morgan fingerprint density at radius 1 is 1.42 bits per heavy atom. The van der Waals surface area contributed by atoms with Gasteiger partial charge in [0.25, 0.3) is 0 Å². The molecule has 2 fully saturated rings. The van der Waals surface area contributed by atoms with Gasteiger partial charge in [0.05, 0.1) is 26.3 Å². The quantitative estimate of drug-likeness (QED) is 0.641. The Labute approximate surface area is 144 Å². The smallest absolute Gasteiger partial charge is 0.194 e. The number of aliphatic hydroxyl groups is 1. The van der Waals surface area contributed by atoms with E-state index in [1.807, 2.05) is 0 Å². The lowest BCUT2D eigenvalue weighted by atomic mass is 10.0. The van der Waals surface area contributed by atoms with E-state index in [0.717, 1.165) is 38.4 Å². The van der Waals surface area contributed by atoms with Crippen molar-refractivity contribution in [1.82, 2.24) is 10.2 Å². The number of hydrogen-bond acceptors (Lipinski definition) is 3. The molecule has 0 radical (unpaired) electrons. The Kier molecular flexibility index (Phi) is 5.41. The number of morpholine rings is 1. The summed E-state index contributed by atoms with van der Waals surface area (Å²) in [6.45, 7) is 8.38. The minimum atomic E-state index is 0.0440. The van der Waals surface area contributed by atoms with Crippen LogP contribution in [0.3, 0.4) is 0 Å². The van der Waals surface area contributed by atoms with E-state index in [1.54, 1.807) is 0 Å². The standard InChI is InChI=1S/C19H29N3O2/c1-3-20-18(21-13-19(14-23)8-9-19)22-10-11-24-17(12-22)16-7-5-4-6-15(16)2/h4-7,17,23H,3,8-14H2,1-2H3,(H,20,21). The molecule has 1 heterocycles. The van der Waals surface area contributed by atoms with Crippen LogP contribution >= 0.6 is 0 Å². The molecular formula is C19H29N3O2. The highest BCUT2D eigenvalue weighted by Gasteiger charge is 2.42. The van der Waals surface area contributed by atoms with Crippen molar-refractivity contribution in [2.24, 2.45) is 10.4 Å². The van der Waals surface area contributed by atoms with Gasteiger partial charge in [-0.1, -0.05) is 24.3 Å². The van der Waals surface area contributed by atoms with E-state index in [4.69, 9.17) is 9.73 Å². The lowest BCUT2D eigenvalue weighted by Crippen LogP contribution is -2.48. The molecule has 1 aliphatic carbocycles. The van der Waals surface area contributed by atoms with Crippen molar-refractivity contribution in [1.29, 1.82) is 0 Å². The molecule has 5 nitrogen and oxygen atoms in total. The summed E-state index contributed by atoms with van der Waals surface area (Å²) in [4.78, 5) is 7.10. The minimum absolute atomic E-state index is 0.0440. The van der Waals surface area contributed by atoms with Crippen molar-refractivity contribution in [3.05, 3.63) is 35.4 Å². The Bertz CT molecular complexity index is 584. The Balaban J connectivity index is 1.71. The highest BCUT2D eigenvalue weighted by atomic mass is 16.5. The zero-order chi connectivity index (χ0) is 17.0. The van der Waals surface area contributed by atoms with Crippen LogP contribution in [-0.4, -0.2) is 55.4 Å². The van der Waals surface area contributed by atoms with E-state index < -0.39 is 0 Å².